The van der Waals surface area contributed by atoms with E-state index in [1.807, 2.05) is 12.1 Å². The highest BCUT2D eigenvalue weighted by Crippen LogP contribution is 2.29. The first-order valence-corrected chi connectivity index (χ1v) is 6.21. The summed E-state index contributed by atoms with van der Waals surface area (Å²) >= 11 is 0. The molecule has 0 aliphatic heterocycles. The third-order valence-corrected chi connectivity index (χ3v) is 3.16. The lowest BCUT2D eigenvalue weighted by Crippen LogP contribution is -2.10. The molecular formula is C15H15F3O2. The molecule has 2 aromatic rings. The second-order valence-electron chi connectivity index (χ2n) is 4.64. The summed E-state index contributed by atoms with van der Waals surface area (Å²) in [4.78, 5) is 0. The Kier molecular flexibility index (Phi) is 4.18. The minimum atomic E-state index is -4.24. The fraction of sp³-hybridized carbons (Fsp3) is 0.333. The van der Waals surface area contributed by atoms with E-state index in [1.54, 1.807) is 31.4 Å². The molecule has 0 radical (unpaired) electrons. The van der Waals surface area contributed by atoms with Crippen molar-refractivity contribution >= 4 is 10.8 Å². The Hall–Kier alpha value is -1.75. The number of hydrogen-bond acceptors (Lipinski definition) is 2. The molecule has 108 valence electrons. The zero-order valence-electron chi connectivity index (χ0n) is 10.9. The molecule has 1 N–H and O–H groups in total. The molecule has 0 saturated heterocycles. The van der Waals surface area contributed by atoms with Gasteiger partial charge in [-0.1, -0.05) is 18.2 Å². The number of aliphatic hydroxyl groups is 1. The fourth-order valence-electron chi connectivity index (χ4n) is 2.04. The van der Waals surface area contributed by atoms with Gasteiger partial charge in [-0.3, -0.25) is 0 Å². The van der Waals surface area contributed by atoms with Gasteiger partial charge in [0.1, 0.15) is 5.75 Å². The van der Waals surface area contributed by atoms with E-state index in [9.17, 15) is 18.3 Å². The van der Waals surface area contributed by atoms with E-state index in [-0.39, 0.29) is 6.42 Å². The van der Waals surface area contributed by atoms with Crippen molar-refractivity contribution in [3.05, 3.63) is 42.0 Å². The zero-order chi connectivity index (χ0) is 14.8. The number of ether oxygens (including phenoxy) is 1. The summed E-state index contributed by atoms with van der Waals surface area (Å²) in [6.07, 6.45) is -6.67. The van der Waals surface area contributed by atoms with Crippen LogP contribution in [-0.2, 0) is 0 Å². The predicted molar refractivity (Wildman–Crippen MR) is 70.7 cm³/mol. The van der Waals surface area contributed by atoms with Crippen molar-refractivity contribution in [1.29, 1.82) is 0 Å². The first kappa shape index (κ1) is 14.7. The molecule has 1 atom stereocenters. The molecule has 0 heterocycles. The van der Waals surface area contributed by atoms with Gasteiger partial charge in [0.15, 0.2) is 0 Å². The molecule has 0 amide bonds. The standard InChI is InChI=1S/C15H15F3O2/c1-20-13-5-4-10-8-12(3-2-11(10)9-13)14(19)6-7-15(16,17)18/h2-5,8-9,14,19H,6-7H2,1H3. The number of alkyl halides is 3. The van der Waals surface area contributed by atoms with Crippen molar-refractivity contribution in [2.24, 2.45) is 0 Å². The van der Waals surface area contributed by atoms with Crippen LogP contribution in [0.1, 0.15) is 24.5 Å². The Labute approximate surface area is 114 Å². The van der Waals surface area contributed by atoms with Crippen LogP contribution < -0.4 is 4.74 Å². The lowest BCUT2D eigenvalue weighted by molar-refractivity contribution is -0.140. The molecule has 0 aliphatic carbocycles. The minimum absolute atomic E-state index is 0.328. The summed E-state index contributed by atoms with van der Waals surface area (Å²) < 4.78 is 41.5. The van der Waals surface area contributed by atoms with E-state index in [1.165, 1.54) is 0 Å². The highest BCUT2D eigenvalue weighted by Gasteiger charge is 2.28. The summed E-state index contributed by atoms with van der Waals surface area (Å²) in [5.74, 6) is 0.711. The first-order valence-electron chi connectivity index (χ1n) is 6.21. The number of rotatable bonds is 4. The smallest absolute Gasteiger partial charge is 0.389 e. The summed E-state index contributed by atoms with van der Waals surface area (Å²) in [7, 11) is 1.57. The van der Waals surface area contributed by atoms with Gasteiger partial charge in [-0.2, -0.15) is 13.2 Å². The van der Waals surface area contributed by atoms with Gasteiger partial charge in [0, 0.05) is 6.42 Å². The van der Waals surface area contributed by atoms with Gasteiger partial charge in [0.05, 0.1) is 13.2 Å². The molecular weight excluding hydrogens is 269 g/mol. The SMILES string of the molecule is COc1ccc2cc(C(O)CCC(F)(F)F)ccc2c1. The highest BCUT2D eigenvalue weighted by molar-refractivity contribution is 5.84. The highest BCUT2D eigenvalue weighted by atomic mass is 19.4. The van der Waals surface area contributed by atoms with E-state index in [4.69, 9.17) is 4.74 Å². The van der Waals surface area contributed by atoms with Gasteiger partial charge in [0.25, 0.3) is 0 Å². The normalized spacial score (nSPS) is 13.4. The van der Waals surface area contributed by atoms with E-state index in [0.717, 1.165) is 10.8 Å². The van der Waals surface area contributed by atoms with Crippen molar-refractivity contribution in [1.82, 2.24) is 0 Å². The molecule has 2 nitrogen and oxygen atoms in total. The monoisotopic (exact) mass is 284 g/mol. The van der Waals surface area contributed by atoms with Crippen LogP contribution in [0.15, 0.2) is 36.4 Å². The van der Waals surface area contributed by atoms with Crippen molar-refractivity contribution < 1.29 is 23.0 Å². The quantitative estimate of drug-likeness (QED) is 0.910. The summed E-state index contributed by atoms with van der Waals surface area (Å²) in [6, 6.07) is 10.5. The second-order valence-corrected chi connectivity index (χ2v) is 4.64. The van der Waals surface area contributed by atoms with Crippen molar-refractivity contribution in [3.8, 4) is 5.75 Å². The molecule has 2 rings (SSSR count). The Bertz CT molecular complexity index is 593. The van der Waals surface area contributed by atoms with E-state index in [2.05, 4.69) is 0 Å². The van der Waals surface area contributed by atoms with Gasteiger partial charge in [0.2, 0.25) is 0 Å². The van der Waals surface area contributed by atoms with Gasteiger partial charge < -0.3 is 9.84 Å². The van der Waals surface area contributed by atoms with Crippen LogP contribution in [0.3, 0.4) is 0 Å². The van der Waals surface area contributed by atoms with Crippen LogP contribution in [0.25, 0.3) is 10.8 Å². The number of hydrogen-bond donors (Lipinski definition) is 1. The molecule has 0 aromatic heterocycles. The zero-order valence-corrected chi connectivity index (χ0v) is 10.9. The number of fused-ring (bicyclic) bond motifs is 1. The third kappa shape index (κ3) is 3.63. The first-order chi connectivity index (χ1) is 9.39. The summed E-state index contributed by atoms with van der Waals surface area (Å²) in [5.41, 5.74) is 0.493. The van der Waals surface area contributed by atoms with Crippen LogP contribution in [0, 0.1) is 0 Å². The van der Waals surface area contributed by atoms with Crippen LogP contribution in [0.2, 0.25) is 0 Å². The molecule has 0 aliphatic rings. The van der Waals surface area contributed by atoms with Gasteiger partial charge in [-0.05, 0) is 41.0 Å². The molecule has 20 heavy (non-hydrogen) atoms. The largest absolute Gasteiger partial charge is 0.497 e. The van der Waals surface area contributed by atoms with Crippen molar-refractivity contribution in [2.75, 3.05) is 7.11 Å². The molecule has 5 heteroatoms. The Morgan fingerprint density at radius 2 is 1.75 bits per heavy atom. The molecule has 0 saturated carbocycles. The van der Waals surface area contributed by atoms with Crippen LogP contribution in [-0.4, -0.2) is 18.4 Å². The molecule has 1 unspecified atom stereocenters. The third-order valence-electron chi connectivity index (χ3n) is 3.16. The van der Waals surface area contributed by atoms with Gasteiger partial charge >= 0.3 is 6.18 Å². The molecule has 0 bridgehead atoms. The average molecular weight is 284 g/mol. The fourth-order valence-corrected chi connectivity index (χ4v) is 2.04. The van der Waals surface area contributed by atoms with Gasteiger partial charge in [-0.15, -0.1) is 0 Å². The Balaban J connectivity index is 2.19. The Morgan fingerprint density at radius 1 is 1.10 bits per heavy atom. The summed E-state index contributed by atoms with van der Waals surface area (Å²) in [5, 5.41) is 11.6. The molecule has 0 fully saturated rings. The predicted octanol–water partition coefficient (Wildman–Crippen LogP) is 4.22. The maximum Gasteiger partial charge on any atom is 0.389 e. The van der Waals surface area contributed by atoms with E-state index < -0.39 is 18.7 Å². The lowest BCUT2D eigenvalue weighted by atomic mass is 10.0. The minimum Gasteiger partial charge on any atom is -0.497 e. The maximum atomic E-state index is 12.1. The number of methoxy groups -OCH3 is 1. The maximum absolute atomic E-state index is 12.1. The average Bonchev–Trinajstić information content (AvgIpc) is 2.42. The van der Waals surface area contributed by atoms with Crippen LogP contribution >= 0.6 is 0 Å². The molecule has 0 spiro atoms. The van der Waals surface area contributed by atoms with Gasteiger partial charge in [-0.25, -0.2) is 0 Å². The second kappa shape index (κ2) is 5.71. The number of benzene rings is 2. The number of halogens is 3. The van der Waals surface area contributed by atoms with Crippen molar-refractivity contribution in [2.45, 2.75) is 25.1 Å². The lowest BCUT2D eigenvalue weighted by Gasteiger charge is -2.13. The molecule has 2 aromatic carbocycles. The number of aliphatic hydroxyl groups excluding tert-OH is 1. The van der Waals surface area contributed by atoms with E-state index in [0.29, 0.717) is 11.3 Å². The van der Waals surface area contributed by atoms with Crippen molar-refractivity contribution in [3.63, 3.8) is 0 Å². The van der Waals surface area contributed by atoms with E-state index >= 15 is 0 Å². The Morgan fingerprint density at radius 3 is 2.40 bits per heavy atom. The van der Waals surface area contributed by atoms with Crippen LogP contribution in [0.4, 0.5) is 13.2 Å². The van der Waals surface area contributed by atoms with Crippen LogP contribution in [0.5, 0.6) is 5.75 Å². The topological polar surface area (TPSA) is 29.5 Å². The summed E-state index contributed by atoms with van der Waals surface area (Å²) in [6.45, 7) is 0.